The van der Waals surface area contributed by atoms with Crippen molar-refractivity contribution in [1.82, 2.24) is 10.2 Å². The zero-order chi connectivity index (χ0) is 16.2. The fraction of sp³-hybridized carbons (Fsp3) is 0.944. The quantitative estimate of drug-likeness (QED) is 0.404. The molecule has 5 heteroatoms. The summed E-state index contributed by atoms with van der Waals surface area (Å²) in [6, 6.07) is 0. The Kier molecular flexibility index (Phi) is 8.11. The number of aliphatic imine (C=N–C) groups is 1. The van der Waals surface area contributed by atoms with Gasteiger partial charge in [0, 0.05) is 38.2 Å². The van der Waals surface area contributed by atoms with Crippen LogP contribution in [-0.2, 0) is 4.74 Å². The van der Waals surface area contributed by atoms with Gasteiger partial charge in [0.15, 0.2) is 5.96 Å². The summed E-state index contributed by atoms with van der Waals surface area (Å²) in [4.78, 5) is 7.41. The Bertz CT molecular complexity index is 390. The molecule has 4 nitrogen and oxygen atoms in total. The van der Waals surface area contributed by atoms with Gasteiger partial charge >= 0.3 is 0 Å². The first-order valence-electron chi connectivity index (χ1n) is 8.97. The number of ether oxygens (including phenoxy) is 1. The fourth-order valence-electron chi connectivity index (χ4n) is 3.97. The van der Waals surface area contributed by atoms with Crippen LogP contribution in [-0.4, -0.2) is 50.3 Å². The van der Waals surface area contributed by atoms with Gasteiger partial charge in [-0.15, -0.1) is 24.0 Å². The van der Waals surface area contributed by atoms with Gasteiger partial charge in [-0.2, -0.15) is 0 Å². The second-order valence-electron chi connectivity index (χ2n) is 8.41. The van der Waals surface area contributed by atoms with Crippen LogP contribution in [0.1, 0.15) is 53.9 Å². The summed E-state index contributed by atoms with van der Waals surface area (Å²) >= 11 is 0. The zero-order valence-corrected chi connectivity index (χ0v) is 18.0. The average Bonchev–Trinajstić information content (AvgIpc) is 3.04. The number of likely N-dealkylation sites (tertiary alicyclic amines) is 1. The highest BCUT2D eigenvalue weighted by Crippen LogP contribution is 2.38. The van der Waals surface area contributed by atoms with Crippen LogP contribution < -0.4 is 5.32 Å². The Morgan fingerprint density at radius 3 is 2.65 bits per heavy atom. The molecule has 2 saturated heterocycles. The zero-order valence-electron chi connectivity index (χ0n) is 15.7. The van der Waals surface area contributed by atoms with Gasteiger partial charge in [0.1, 0.15) is 0 Å². The molecule has 0 amide bonds. The van der Waals surface area contributed by atoms with E-state index < -0.39 is 0 Å². The van der Waals surface area contributed by atoms with Crippen LogP contribution >= 0.6 is 24.0 Å². The molecule has 0 radical (unpaired) electrons. The summed E-state index contributed by atoms with van der Waals surface area (Å²) in [5, 5.41) is 3.49. The predicted molar refractivity (Wildman–Crippen MR) is 109 cm³/mol. The highest BCUT2D eigenvalue weighted by Gasteiger charge is 2.42. The van der Waals surface area contributed by atoms with Crippen LogP contribution in [0.15, 0.2) is 4.99 Å². The van der Waals surface area contributed by atoms with Crippen LogP contribution in [0.4, 0.5) is 0 Å². The molecule has 0 aromatic carbocycles. The standard InChI is InChI=1S/C18H35N3O.HI/c1-6-19-16(20-12-17(4,5)11-15(2)3)21-9-7-18(13-21)8-10-22-14-18;/h15H,6-14H2,1-5H3,(H,19,20);1H. The van der Waals surface area contributed by atoms with E-state index in [9.17, 15) is 0 Å². The lowest BCUT2D eigenvalue weighted by molar-refractivity contribution is 0.156. The monoisotopic (exact) mass is 437 g/mol. The number of hydrogen-bond acceptors (Lipinski definition) is 2. The molecule has 2 heterocycles. The number of halogens is 1. The first kappa shape index (κ1) is 21.0. The van der Waals surface area contributed by atoms with Crippen molar-refractivity contribution in [2.45, 2.75) is 53.9 Å². The molecule has 0 aliphatic carbocycles. The molecule has 0 aromatic heterocycles. The molecule has 0 saturated carbocycles. The first-order valence-corrected chi connectivity index (χ1v) is 8.97. The summed E-state index contributed by atoms with van der Waals surface area (Å²) < 4.78 is 5.64. The summed E-state index contributed by atoms with van der Waals surface area (Å²) in [6.07, 6.45) is 3.67. The minimum absolute atomic E-state index is 0. The van der Waals surface area contributed by atoms with Crippen LogP contribution in [0.5, 0.6) is 0 Å². The van der Waals surface area contributed by atoms with E-state index in [0.717, 1.165) is 51.3 Å². The third kappa shape index (κ3) is 6.07. The van der Waals surface area contributed by atoms with Crippen LogP contribution in [0, 0.1) is 16.7 Å². The number of rotatable bonds is 5. The summed E-state index contributed by atoms with van der Waals surface area (Å²) in [7, 11) is 0. The summed E-state index contributed by atoms with van der Waals surface area (Å²) in [5.74, 6) is 1.82. The lowest BCUT2D eigenvalue weighted by Crippen LogP contribution is -2.42. The molecule has 1 atom stereocenters. The van der Waals surface area contributed by atoms with Crippen molar-refractivity contribution in [2.75, 3.05) is 39.4 Å². The highest BCUT2D eigenvalue weighted by atomic mass is 127. The fourth-order valence-corrected chi connectivity index (χ4v) is 3.97. The minimum atomic E-state index is 0. The third-order valence-corrected chi connectivity index (χ3v) is 4.88. The Hall–Kier alpha value is -0.0400. The molecule has 2 rings (SSSR count). The van der Waals surface area contributed by atoms with Gasteiger partial charge in [-0.25, -0.2) is 0 Å². The molecule has 1 spiro atoms. The molecule has 0 aromatic rings. The van der Waals surface area contributed by atoms with Crippen molar-refractivity contribution in [2.24, 2.45) is 21.7 Å². The van der Waals surface area contributed by atoms with Gasteiger partial charge in [0.25, 0.3) is 0 Å². The molecule has 1 unspecified atom stereocenters. The smallest absolute Gasteiger partial charge is 0.193 e. The van der Waals surface area contributed by atoms with Gasteiger partial charge in [-0.3, -0.25) is 4.99 Å². The van der Waals surface area contributed by atoms with Gasteiger partial charge in [0.2, 0.25) is 0 Å². The molecule has 23 heavy (non-hydrogen) atoms. The SMILES string of the molecule is CCNC(=NCC(C)(C)CC(C)C)N1CCC2(CCOC2)C1.I. The van der Waals surface area contributed by atoms with E-state index in [1.165, 1.54) is 19.3 Å². The van der Waals surface area contributed by atoms with E-state index in [0.29, 0.717) is 5.41 Å². The number of nitrogens with zero attached hydrogens (tertiary/aromatic N) is 2. The highest BCUT2D eigenvalue weighted by molar-refractivity contribution is 14.0. The Labute approximate surface area is 159 Å². The van der Waals surface area contributed by atoms with Crippen LogP contribution in [0.3, 0.4) is 0 Å². The lowest BCUT2D eigenvalue weighted by atomic mass is 9.84. The maximum Gasteiger partial charge on any atom is 0.193 e. The molecule has 2 aliphatic heterocycles. The van der Waals surface area contributed by atoms with Crippen molar-refractivity contribution in [3.63, 3.8) is 0 Å². The molecule has 2 aliphatic rings. The van der Waals surface area contributed by atoms with Crippen LogP contribution in [0.25, 0.3) is 0 Å². The van der Waals surface area contributed by atoms with E-state index in [1.54, 1.807) is 0 Å². The first-order chi connectivity index (χ1) is 10.4. The summed E-state index contributed by atoms with van der Waals surface area (Å²) in [6.45, 7) is 17.3. The molecule has 136 valence electrons. The van der Waals surface area contributed by atoms with Gasteiger partial charge in [-0.05, 0) is 37.5 Å². The Morgan fingerprint density at radius 1 is 1.35 bits per heavy atom. The molecule has 0 bridgehead atoms. The van der Waals surface area contributed by atoms with Crippen molar-refractivity contribution in [3.05, 3.63) is 0 Å². The largest absolute Gasteiger partial charge is 0.381 e. The van der Waals surface area contributed by atoms with E-state index in [4.69, 9.17) is 9.73 Å². The number of hydrogen-bond donors (Lipinski definition) is 1. The Balaban J connectivity index is 0.00000264. The minimum Gasteiger partial charge on any atom is -0.381 e. The van der Waals surface area contributed by atoms with Gasteiger partial charge in [-0.1, -0.05) is 27.7 Å². The third-order valence-electron chi connectivity index (χ3n) is 4.88. The molecule has 1 N–H and O–H groups in total. The normalized spacial score (nSPS) is 25.3. The van der Waals surface area contributed by atoms with Crippen molar-refractivity contribution >= 4 is 29.9 Å². The van der Waals surface area contributed by atoms with E-state index in [-0.39, 0.29) is 29.4 Å². The van der Waals surface area contributed by atoms with Crippen molar-refractivity contribution in [1.29, 1.82) is 0 Å². The maximum atomic E-state index is 5.64. The van der Waals surface area contributed by atoms with Crippen LogP contribution in [0.2, 0.25) is 0 Å². The molecular formula is C18H36IN3O. The van der Waals surface area contributed by atoms with Crippen molar-refractivity contribution < 1.29 is 4.74 Å². The molecular weight excluding hydrogens is 401 g/mol. The second kappa shape index (κ2) is 8.88. The lowest BCUT2D eigenvalue weighted by Gasteiger charge is -2.28. The number of guanidine groups is 1. The van der Waals surface area contributed by atoms with E-state index >= 15 is 0 Å². The Morgan fingerprint density at radius 2 is 2.09 bits per heavy atom. The van der Waals surface area contributed by atoms with E-state index in [1.807, 2.05) is 0 Å². The predicted octanol–water partition coefficient (Wildman–Crippen LogP) is 3.75. The second-order valence-corrected chi connectivity index (χ2v) is 8.41. The van der Waals surface area contributed by atoms with Gasteiger partial charge < -0.3 is 15.0 Å². The topological polar surface area (TPSA) is 36.9 Å². The average molecular weight is 437 g/mol. The van der Waals surface area contributed by atoms with Crippen molar-refractivity contribution in [3.8, 4) is 0 Å². The number of nitrogens with one attached hydrogen (secondary N) is 1. The molecule has 2 fully saturated rings. The van der Waals surface area contributed by atoms with Gasteiger partial charge in [0.05, 0.1) is 6.61 Å². The maximum absolute atomic E-state index is 5.64. The summed E-state index contributed by atoms with van der Waals surface area (Å²) in [5.41, 5.74) is 0.659. The van der Waals surface area contributed by atoms with E-state index in [2.05, 4.69) is 44.8 Å².